The molecule has 0 radical (unpaired) electrons. The van der Waals surface area contributed by atoms with Crippen molar-refractivity contribution in [2.45, 2.75) is 37.8 Å². The summed E-state index contributed by atoms with van der Waals surface area (Å²) in [4.78, 5) is 16.9. The fourth-order valence-corrected chi connectivity index (χ4v) is 5.10. The SMILES string of the molecule is CC(C)(C)N(Cc1ccccc1)C(=O)CN1CCN(S(=O)(=O)c2cccc(F)c2)CC1. The van der Waals surface area contributed by atoms with Crippen LogP contribution in [0.1, 0.15) is 26.3 Å². The molecule has 2 aromatic carbocycles. The van der Waals surface area contributed by atoms with Crippen LogP contribution in [0.15, 0.2) is 59.5 Å². The normalized spacial score (nSPS) is 16.3. The third kappa shape index (κ3) is 5.90. The van der Waals surface area contributed by atoms with Crippen LogP contribution in [0, 0.1) is 5.82 Å². The lowest BCUT2D eigenvalue weighted by Gasteiger charge is -2.39. The van der Waals surface area contributed by atoms with Crippen molar-refractivity contribution in [3.8, 4) is 0 Å². The summed E-state index contributed by atoms with van der Waals surface area (Å²) in [5.74, 6) is -0.566. The van der Waals surface area contributed by atoms with E-state index < -0.39 is 15.8 Å². The Morgan fingerprint density at radius 1 is 1.00 bits per heavy atom. The minimum absolute atomic E-state index is 0.0118. The molecule has 1 heterocycles. The highest BCUT2D eigenvalue weighted by atomic mass is 32.2. The van der Waals surface area contributed by atoms with Crippen LogP contribution in [0.2, 0.25) is 0 Å². The molecular weight excluding hydrogens is 417 g/mol. The number of nitrogens with zero attached hydrogens (tertiary/aromatic N) is 3. The van der Waals surface area contributed by atoms with Crippen LogP contribution in [-0.4, -0.2) is 66.7 Å². The van der Waals surface area contributed by atoms with Gasteiger partial charge in [-0.25, -0.2) is 12.8 Å². The number of carbonyl (C=O) groups excluding carboxylic acids is 1. The van der Waals surface area contributed by atoms with Crippen molar-refractivity contribution in [1.82, 2.24) is 14.1 Å². The number of amides is 1. The zero-order valence-corrected chi connectivity index (χ0v) is 19.1. The third-order valence-electron chi connectivity index (χ3n) is 5.42. The maximum Gasteiger partial charge on any atom is 0.243 e. The summed E-state index contributed by atoms with van der Waals surface area (Å²) in [7, 11) is -3.75. The Labute approximate surface area is 184 Å². The van der Waals surface area contributed by atoms with Gasteiger partial charge in [-0.3, -0.25) is 9.69 Å². The van der Waals surface area contributed by atoms with E-state index in [2.05, 4.69) is 0 Å². The Balaban J connectivity index is 1.62. The van der Waals surface area contributed by atoms with Gasteiger partial charge in [0.05, 0.1) is 11.4 Å². The van der Waals surface area contributed by atoms with Crippen molar-refractivity contribution in [2.24, 2.45) is 0 Å². The first-order valence-electron chi connectivity index (χ1n) is 10.4. The molecule has 0 N–H and O–H groups in total. The molecule has 2 aromatic rings. The van der Waals surface area contributed by atoms with Gasteiger partial charge < -0.3 is 4.90 Å². The predicted molar refractivity (Wildman–Crippen MR) is 118 cm³/mol. The molecule has 8 heteroatoms. The minimum atomic E-state index is -3.75. The van der Waals surface area contributed by atoms with Crippen molar-refractivity contribution in [2.75, 3.05) is 32.7 Å². The van der Waals surface area contributed by atoms with Crippen LogP contribution in [-0.2, 0) is 21.4 Å². The quantitative estimate of drug-likeness (QED) is 0.683. The summed E-state index contributed by atoms with van der Waals surface area (Å²) in [6, 6.07) is 14.9. The highest BCUT2D eigenvalue weighted by Gasteiger charge is 2.32. The van der Waals surface area contributed by atoms with Crippen LogP contribution in [0.25, 0.3) is 0 Å². The van der Waals surface area contributed by atoms with Gasteiger partial charge in [-0.1, -0.05) is 36.4 Å². The predicted octanol–water partition coefficient (Wildman–Crippen LogP) is 2.96. The summed E-state index contributed by atoms with van der Waals surface area (Å²) in [6.07, 6.45) is 0. The molecule has 6 nitrogen and oxygen atoms in total. The van der Waals surface area contributed by atoms with Gasteiger partial charge in [-0.2, -0.15) is 4.31 Å². The largest absolute Gasteiger partial charge is 0.332 e. The van der Waals surface area contributed by atoms with Crippen LogP contribution < -0.4 is 0 Å². The Bertz CT molecular complexity index is 998. The molecule has 0 spiro atoms. The maximum absolute atomic E-state index is 13.5. The number of halogens is 1. The zero-order chi connectivity index (χ0) is 22.6. The lowest BCUT2D eigenvalue weighted by atomic mass is 10.0. The summed E-state index contributed by atoms with van der Waals surface area (Å²) in [6.45, 7) is 8.22. The molecule has 0 aromatic heterocycles. The van der Waals surface area contributed by atoms with Crippen molar-refractivity contribution < 1.29 is 17.6 Å². The summed E-state index contributed by atoms with van der Waals surface area (Å²) in [5.41, 5.74) is 0.729. The number of piperazine rings is 1. The number of benzene rings is 2. The van der Waals surface area contributed by atoms with E-state index in [0.717, 1.165) is 11.6 Å². The Morgan fingerprint density at radius 3 is 2.23 bits per heavy atom. The van der Waals surface area contributed by atoms with E-state index in [0.29, 0.717) is 19.6 Å². The highest BCUT2D eigenvalue weighted by Crippen LogP contribution is 2.20. The Morgan fingerprint density at radius 2 is 1.65 bits per heavy atom. The van der Waals surface area contributed by atoms with Gasteiger partial charge in [0.1, 0.15) is 5.82 Å². The minimum Gasteiger partial charge on any atom is -0.332 e. The van der Waals surface area contributed by atoms with Gasteiger partial charge in [0.15, 0.2) is 0 Å². The molecule has 1 fully saturated rings. The molecule has 0 saturated carbocycles. The molecule has 1 saturated heterocycles. The lowest BCUT2D eigenvalue weighted by molar-refractivity contribution is -0.138. The van der Waals surface area contributed by atoms with E-state index in [1.54, 1.807) is 0 Å². The molecule has 3 rings (SSSR count). The molecular formula is C23H30FN3O3S. The Hall–Kier alpha value is -2.29. The second-order valence-corrected chi connectivity index (χ2v) is 10.7. The van der Waals surface area contributed by atoms with Gasteiger partial charge in [0.2, 0.25) is 15.9 Å². The van der Waals surface area contributed by atoms with Crippen LogP contribution >= 0.6 is 0 Å². The first-order chi connectivity index (χ1) is 14.6. The average Bonchev–Trinajstić information content (AvgIpc) is 2.72. The van der Waals surface area contributed by atoms with Gasteiger partial charge in [0.25, 0.3) is 0 Å². The number of rotatable bonds is 6. The topological polar surface area (TPSA) is 60.9 Å². The molecule has 0 bridgehead atoms. The molecule has 1 aliphatic heterocycles. The number of hydrogen-bond acceptors (Lipinski definition) is 4. The molecule has 31 heavy (non-hydrogen) atoms. The van der Waals surface area contributed by atoms with Gasteiger partial charge in [-0.05, 0) is 44.5 Å². The highest BCUT2D eigenvalue weighted by molar-refractivity contribution is 7.89. The van der Waals surface area contributed by atoms with E-state index in [9.17, 15) is 17.6 Å². The summed E-state index contributed by atoms with van der Waals surface area (Å²) < 4.78 is 40.4. The van der Waals surface area contributed by atoms with E-state index in [1.165, 1.54) is 22.5 Å². The van der Waals surface area contributed by atoms with E-state index in [4.69, 9.17) is 0 Å². The van der Waals surface area contributed by atoms with Gasteiger partial charge >= 0.3 is 0 Å². The Kier molecular flexibility index (Phi) is 7.13. The molecule has 0 unspecified atom stereocenters. The number of hydrogen-bond donors (Lipinski definition) is 0. The van der Waals surface area contributed by atoms with Crippen molar-refractivity contribution >= 4 is 15.9 Å². The fourth-order valence-electron chi connectivity index (χ4n) is 3.65. The van der Waals surface area contributed by atoms with Crippen LogP contribution in [0.4, 0.5) is 4.39 Å². The van der Waals surface area contributed by atoms with Crippen LogP contribution in [0.5, 0.6) is 0 Å². The first-order valence-corrected chi connectivity index (χ1v) is 11.8. The number of carbonyl (C=O) groups is 1. The first kappa shape index (κ1) is 23.4. The average molecular weight is 448 g/mol. The molecule has 1 aliphatic rings. The zero-order valence-electron chi connectivity index (χ0n) is 18.3. The molecule has 0 aliphatic carbocycles. The number of sulfonamides is 1. The summed E-state index contributed by atoms with van der Waals surface area (Å²) >= 11 is 0. The third-order valence-corrected chi connectivity index (χ3v) is 7.31. The molecule has 168 valence electrons. The van der Waals surface area contributed by atoms with Crippen molar-refractivity contribution in [3.05, 3.63) is 66.0 Å². The fraction of sp³-hybridized carbons (Fsp3) is 0.435. The van der Waals surface area contributed by atoms with Crippen LogP contribution in [0.3, 0.4) is 0 Å². The van der Waals surface area contributed by atoms with Gasteiger partial charge in [-0.15, -0.1) is 0 Å². The smallest absolute Gasteiger partial charge is 0.243 e. The van der Waals surface area contributed by atoms with E-state index in [1.807, 2.05) is 60.9 Å². The molecule has 1 amide bonds. The van der Waals surface area contributed by atoms with Crippen molar-refractivity contribution in [1.29, 1.82) is 0 Å². The lowest BCUT2D eigenvalue weighted by Crippen LogP contribution is -2.53. The summed E-state index contributed by atoms with van der Waals surface area (Å²) in [5, 5.41) is 0. The van der Waals surface area contributed by atoms with E-state index >= 15 is 0 Å². The molecule has 0 atom stereocenters. The second-order valence-electron chi connectivity index (χ2n) is 8.77. The van der Waals surface area contributed by atoms with E-state index in [-0.39, 0.29) is 36.0 Å². The maximum atomic E-state index is 13.5. The second kappa shape index (κ2) is 9.46. The van der Waals surface area contributed by atoms with Gasteiger partial charge in [0, 0.05) is 38.3 Å². The van der Waals surface area contributed by atoms with Crippen molar-refractivity contribution in [3.63, 3.8) is 0 Å². The standard InChI is InChI=1S/C23H30FN3O3S/c1-23(2,3)27(17-19-8-5-4-6-9-19)22(28)18-25-12-14-26(15-13-25)31(29,30)21-11-7-10-20(24)16-21/h4-11,16H,12-15,17-18H2,1-3H3. The monoisotopic (exact) mass is 447 g/mol.